The quantitative estimate of drug-likeness (QED) is 0.129. The number of unbranched alkanes of at least 4 members (excludes halogenated alkanes) is 3. The van der Waals surface area contributed by atoms with Gasteiger partial charge in [-0.15, -0.1) is 0 Å². The van der Waals surface area contributed by atoms with Crippen molar-refractivity contribution in [1.82, 2.24) is 4.90 Å². The lowest BCUT2D eigenvalue weighted by Crippen LogP contribution is -2.68. The Labute approximate surface area is 217 Å². The third kappa shape index (κ3) is 7.33. The fraction of sp³-hybridized carbons (Fsp3) is 0.786. The SMILES string of the molecule is C=CCOC(=O)C(N1C(=O)[C@H]([C@@H](C)O)[C@H]1CC(=O)[C@@H]1CCCO1)=P(CCCC)(CCCC)CCCC. The first-order valence-corrected chi connectivity index (χ1v) is 16.3. The molecule has 2 heterocycles. The Morgan fingerprint density at radius 3 is 2.19 bits per heavy atom. The second-order valence-corrected chi connectivity index (χ2v) is 14.4. The lowest BCUT2D eigenvalue weighted by molar-refractivity contribution is -0.159. The third-order valence-electron chi connectivity index (χ3n) is 7.50. The van der Waals surface area contributed by atoms with E-state index < -0.39 is 37.0 Å². The van der Waals surface area contributed by atoms with Crippen LogP contribution in [0.5, 0.6) is 0 Å². The van der Waals surface area contributed by atoms with E-state index in [0.29, 0.717) is 18.4 Å². The Morgan fingerprint density at radius 2 is 1.75 bits per heavy atom. The number of β-lactam (4-membered cyclic amide) rings is 1. The minimum atomic E-state index is -2.08. The van der Waals surface area contributed by atoms with E-state index >= 15 is 0 Å². The predicted molar refractivity (Wildman–Crippen MR) is 147 cm³/mol. The monoisotopic (exact) mass is 525 g/mol. The van der Waals surface area contributed by atoms with E-state index in [2.05, 4.69) is 27.4 Å². The lowest BCUT2D eigenvalue weighted by atomic mass is 9.79. The van der Waals surface area contributed by atoms with Crippen molar-refractivity contribution < 1.29 is 29.0 Å². The Balaban J connectivity index is 2.65. The number of hydrogen-bond acceptors (Lipinski definition) is 6. The number of amides is 1. The van der Waals surface area contributed by atoms with Crippen LogP contribution in [-0.2, 0) is 23.9 Å². The van der Waals surface area contributed by atoms with Gasteiger partial charge in [0.05, 0.1) is 18.1 Å². The molecule has 2 saturated heterocycles. The van der Waals surface area contributed by atoms with Crippen molar-refractivity contribution in [1.29, 1.82) is 0 Å². The van der Waals surface area contributed by atoms with Crippen LogP contribution in [-0.4, -0.2) is 83.0 Å². The fourth-order valence-electron chi connectivity index (χ4n) is 5.50. The molecule has 0 aromatic heterocycles. The van der Waals surface area contributed by atoms with Crippen LogP contribution in [0.15, 0.2) is 12.7 Å². The van der Waals surface area contributed by atoms with Gasteiger partial charge in [0.2, 0.25) is 5.91 Å². The van der Waals surface area contributed by atoms with Crippen molar-refractivity contribution in [2.45, 2.75) is 104 Å². The number of Topliss-reactive ketones (excluding diaryl/α,β-unsaturated/α-hetero) is 1. The molecule has 0 aliphatic carbocycles. The molecule has 0 bridgehead atoms. The van der Waals surface area contributed by atoms with Crippen LogP contribution < -0.4 is 0 Å². The molecular weight excluding hydrogens is 477 g/mol. The molecule has 0 aromatic rings. The second kappa shape index (κ2) is 15.1. The first-order valence-electron chi connectivity index (χ1n) is 13.9. The number of carbonyl (C=O) groups is 3. The van der Waals surface area contributed by atoms with E-state index in [0.717, 1.165) is 63.4 Å². The summed E-state index contributed by atoms with van der Waals surface area (Å²) in [5, 5.41) is 10.5. The summed E-state index contributed by atoms with van der Waals surface area (Å²) in [5.74, 6) is -1.49. The van der Waals surface area contributed by atoms with Crippen LogP contribution in [0.2, 0.25) is 0 Å². The van der Waals surface area contributed by atoms with E-state index in [1.165, 1.54) is 6.08 Å². The molecule has 36 heavy (non-hydrogen) atoms. The Kier molecular flexibility index (Phi) is 12.9. The van der Waals surface area contributed by atoms with Crippen LogP contribution in [0.3, 0.4) is 0 Å². The normalized spacial score (nSPS) is 22.8. The smallest absolute Gasteiger partial charge is 0.355 e. The zero-order valence-corrected chi connectivity index (χ0v) is 23.8. The molecule has 8 heteroatoms. The van der Waals surface area contributed by atoms with Crippen LogP contribution in [0, 0.1) is 5.92 Å². The Morgan fingerprint density at radius 1 is 1.17 bits per heavy atom. The van der Waals surface area contributed by atoms with Crippen molar-refractivity contribution in [3.8, 4) is 0 Å². The molecule has 0 radical (unpaired) electrons. The summed E-state index contributed by atoms with van der Waals surface area (Å²) >= 11 is 0. The molecule has 2 aliphatic heterocycles. The summed E-state index contributed by atoms with van der Waals surface area (Å²) in [4.78, 5) is 42.0. The van der Waals surface area contributed by atoms with Crippen molar-refractivity contribution in [2.24, 2.45) is 5.92 Å². The number of aliphatic hydroxyl groups is 1. The maximum absolute atomic E-state index is 13.7. The number of carbonyl (C=O) groups excluding carboxylic acids is 3. The molecule has 1 amide bonds. The number of likely N-dealkylation sites (tertiary alicyclic amines) is 1. The number of nitrogens with zero attached hydrogens (tertiary/aromatic N) is 1. The minimum absolute atomic E-state index is 0.0564. The van der Waals surface area contributed by atoms with Gasteiger partial charge in [-0.05, 0) is 57.5 Å². The van der Waals surface area contributed by atoms with Gasteiger partial charge in [0.1, 0.15) is 18.1 Å². The average Bonchev–Trinajstić information content (AvgIpc) is 3.40. The zero-order valence-electron chi connectivity index (χ0n) is 22.9. The van der Waals surface area contributed by atoms with Gasteiger partial charge in [0.25, 0.3) is 0 Å². The number of rotatable bonds is 17. The molecule has 4 atom stereocenters. The number of aliphatic hydroxyl groups excluding tert-OH is 1. The van der Waals surface area contributed by atoms with Crippen LogP contribution in [0.1, 0.15) is 85.5 Å². The molecular formula is C28H48NO6P. The van der Waals surface area contributed by atoms with Crippen molar-refractivity contribution in [3.63, 3.8) is 0 Å². The minimum Gasteiger partial charge on any atom is -0.457 e. The van der Waals surface area contributed by atoms with Crippen LogP contribution in [0.25, 0.3) is 0 Å². The molecule has 2 rings (SSSR count). The van der Waals surface area contributed by atoms with Gasteiger partial charge in [0, 0.05) is 13.0 Å². The van der Waals surface area contributed by atoms with Gasteiger partial charge < -0.3 is 19.5 Å². The summed E-state index contributed by atoms with van der Waals surface area (Å²) in [5.41, 5.74) is 0.492. The molecule has 0 unspecified atom stereocenters. The molecule has 206 valence electrons. The molecule has 7 nitrogen and oxygen atoms in total. The summed E-state index contributed by atoms with van der Waals surface area (Å²) in [6.07, 6.45) is 10.3. The first-order chi connectivity index (χ1) is 17.3. The molecule has 1 N–H and O–H groups in total. The van der Waals surface area contributed by atoms with Crippen molar-refractivity contribution in [2.75, 3.05) is 31.7 Å². The van der Waals surface area contributed by atoms with Gasteiger partial charge in [0.15, 0.2) is 5.78 Å². The number of ether oxygens (including phenoxy) is 2. The highest BCUT2D eigenvalue weighted by Crippen LogP contribution is 2.54. The molecule has 0 aromatic carbocycles. The number of ketones is 1. The standard InChI is InChI=1S/C28H48NO6P/c1-6-10-17-36(18-11-7-2,19-12-8-3)27(28(33)35-15-9-4)29-22(25(21(5)30)26(29)32)20-23(31)24-14-13-16-34-24/h9,21-22,24-25,30H,4,6-8,10-20H2,1-3,5H3/t21-,22-,24+,25-/m1/s1. The Hall–Kier alpha value is -1.43. The first kappa shape index (κ1) is 30.8. The number of hydrogen-bond donors (Lipinski definition) is 1. The molecule has 0 spiro atoms. The van der Waals surface area contributed by atoms with Gasteiger partial charge in [-0.3, -0.25) is 9.59 Å². The maximum Gasteiger partial charge on any atom is 0.355 e. The largest absolute Gasteiger partial charge is 0.457 e. The predicted octanol–water partition coefficient (Wildman–Crippen LogP) is 4.61. The van der Waals surface area contributed by atoms with Gasteiger partial charge in [-0.2, -0.15) is 0 Å². The molecule has 2 fully saturated rings. The summed E-state index contributed by atoms with van der Waals surface area (Å²) < 4.78 is 11.2. The van der Waals surface area contributed by atoms with Crippen molar-refractivity contribution >= 4 is 30.0 Å². The number of esters is 1. The van der Waals surface area contributed by atoms with Crippen molar-refractivity contribution in [3.05, 3.63) is 12.7 Å². The van der Waals surface area contributed by atoms with E-state index in [1.807, 2.05) is 0 Å². The van der Waals surface area contributed by atoms with Gasteiger partial charge in [-0.1, -0.05) is 59.6 Å². The fourth-order valence-corrected chi connectivity index (χ4v) is 10.7. The Bertz CT molecular complexity index is 788. The van der Waals surface area contributed by atoms with Gasteiger partial charge >= 0.3 is 5.97 Å². The van der Waals surface area contributed by atoms with Gasteiger partial charge in [-0.25, -0.2) is 4.79 Å². The summed E-state index contributed by atoms with van der Waals surface area (Å²) in [7, 11) is 0. The third-order valence-corrected chi connectivity index (χ3v) is 12.3. The summed E-state index contributed by atoms with van der Waals surface area (Å²) in [6.45, 7) is 10.3. The topological polar surface area (TPSA) is 93.1 Å². The zero-order chi connectivity index (χ0) is 26.7. The van der Waals surface area contributed by atoms with E-state index in [-0.39, 0.29) is 24.7 Å². The molecule has 2 aliphatic rings. The molecule has 0 saturated carbocycles. The highest BCUT2D eigenvalue weighted by molar-refractivity contribution is 7.77. The van der Waals surface area contributed by atoms with Crippen LogP contribution >= 0.6 is 6.89 Å². The van der Waals surface area contributed by atoms with E-state index in [9.17, 15) is 19.5 Å². The average molecular weight is 526 g/mol. The highest BCUT2D eigenvalue weighted by atomic mass is 31.2. The van der Waals surface area contributed by atoms with E-state index in [4.69, 9.17) is 9.47 Å². The second-order valence-electron chi connectivity index (χ2n) is 10.3. The highest BCUT2D eigenvalue weighted by Gasteiger charge is 2.55. The van der Waals surface area contributed by atoms with E-state index in [1.54, 1.807) is 11.8 Å². The van der Waals surface area contributed by atoms with Crippen LogP contribution in [0.4, 0.5) is 0 Å². The summed E-state index contributed by atoms with van der Waals surface area (Å²) in [6, 6.07) is -0.551. The lowest BCUT2D eigenvalue weighted by Gasteiger charge is -2.51. The maximum atomic E-state index is 13.7.